The van der Waals surface area contributed by atoms with Gasteiger partial charge < -0.3 is 14.2 Å². The van der Waals surface area contributed by atoms with E-state index in [4.69, 9.17) is 19.5 Å². The number of hydrogen-bond donors (Lipinski definition) is 0. The molecule has 1 heterocycles. The average Bonchev–Trinajstić information content (AvgIpc) is 2.82. The molecule has 0 saturated heterocycles. The van der Waals surface area contributed by atoms with E-state index in [0.29, 0.717) is 53.3 Å². The molecule has 1 aliphatic carbocycles. The summed E-state index contributed by atoms with van der Waals surface area (Å²) >= 11 is 0. The quantitative estimate of drug-likeness (QED) is 0.706. The number of hydrogen-bond acceptors (Lipinski definition) is 6. The zero-order valence-corrected chi connectivity index (χ0v) is 18.3. The number of carbonyl (C=O) groups is 2. The Morgan fingerprint density at radius 3 is 2.19 bits per heavy atom. The minimum absolute atomic E-state index is 0.0520. The van der Waals surface area contributed by atoms with Crippen LogP contribution < -0.4 is 19.1 Å². The van der Waals surface area contributed by atoms with E-state index < -0.39 is 5.92 Å². The second-order valence-corrected chi connectivity index (χ2v) is 7.74. The number of benzene rings is 2. The molecule has 0 spiro atoms. The van der Waals surface area contributed by atoms with Gasteiger partial charge in [-0.2, -0.15) is 5.26 Å². The summed E-state index contributed by atoms with van der Waals surface area (Å²) in [4.78, 5) is 28.1. The zero-order chi connectivity index (χ0) is 22.8. The van der Waals surface area contributed by atoms with Gasteiger partial charge >= 0.3 is 0 Å². The maximum absolute atomic E-state index is 13.4. The molecule has 1 atom stereocenters. The van der Waals surface area contributed by atoms with Crippen LogP contribution in [0.1, 0.15) is 42.7 Å². The Bertz CT molecular complexity index is 1120. The molecular weight excluding hydrogens is 408 g/mol. The largest absolute Gasteiger partial charge is 0.493 e. The van der Waals surface area contributed by atoms with Crippen molar-refractivity contribution in [3.05, 3.63) is 58.8 Å². The highest BCUT2D eigenvalue weighted by Gasteiger charge is 2.40. The van der Waals surface area contributed by atoms with E-state index >= 15 is 0 Å². The second-order valence-electron chi connectivity index (χ2n) is 7.74. The molecule has 0 radical (unpaired) electrons. The lowest BCUT2D eigenvalue weighted by atomic mass is 9.77. The van der Waals surface area contributed by atoms with Crippen molar-refractivity contribution in [1.29, 1.82) is 5.26 Å². The first kappa shape index (κ1) is 21.4. The summed E-state index contributed by atoms with van der Waals surface area (Å²) in [5.74, 6) is 0.986. The van der Waals surface area contributed by atoms with Gasteiger partial charge in [0.25, 0.3) is 0 Å². The molecular formula is C25H24N2O5. The highest BCUT2D eigenvalue weighted by Crippen LogP contribution is 2.47. The number of allylic oxidation sites excluding steroid dienone is 2. The summed E-state index contributed by atoms with van der Waals surface area (Å²) in [6, 6.07) is 12.6. The van der Waals surface area contributed by atoms with E-state index in [0.717, 1.165) is 11.3 Å². The van der Waals surface area contributed by atoms with E-state index in [2.05, 4.69) is 6.07 Å². The number of ether oxygens (including phenoxy) is 3. The number of Topliss-reactive ketones (excluding diaryl/α,β-unsaturated/α-hetero) is 1. The maximum atomic E-state index is 13.4. The van der Waals surface area contributed by atoms with E-state index in [1.807, 2.05) is 12.1 Å². The molecule has 4 rings (SSSR count). The van der Waals surface area contributed by atoms with E-state index in [-0.39, 0.29) is 18.1 Å². The van der Waals surface area contributed by atoms with Crippen molar-refractivity contribution < 1.29 is 23.8 Å². The Hall–Kier alpha value is -3.79. The van der Waals surface area contributed by atoms with Crippen LogP contribution in [0.4, 0.5) is 5.69 Å². The minimum atomic E-state index is -0.395. The maximum Gasteiger partial charge on any atom is 0.232 e. The van der Waals surface area contributed by atoms with Crippen molar-refractivity contribution >= 4 is 17.4 Å². The van der Waals surface area contributed by atoms with Crippen molar-refractivity contribution in [3.8, 4) is 23.3 Å². The van der Waals surface area contributed by atoms with Crippen LogP contribution in [0, 0.1) is 11.3 Å². The highest BCUT2D eigenvalue weighted by atomic mass is 16.5. The fourth-order valence-electron chi connectivity index (χ4n) is 4.56. The molecule has 0 N–H and O–H groups in total. The molecule has 1 unspecified atom stereocenters. The number of amides is 1. The third kappa shape index (κ3) is 3.58. The summed E-state index contributed by atoms with van der Waals surface area (Å²) in [7, 11) is 4.61. The molecule has 2 aromatic carbocycles. The summed E-state index contributed by atoms with van der Waals surface area (Å²) in [6.45, 7) is 0. The topological polar surface area (TPSA) is 88.9 Å². The van der Waals surface area contributed by atoms with Crippen molar-refractivity contribution in [2.75, 3.05) is 26.2 Å². The zero-order valence-electron chi connectivity index (χ0n) is 18.3. The normalized spacial score (nSPS) is 18.2. The van der Waals surface area contributed by atoms with Crippen LogP contribution in [-0.4, -0.2) is 33.0 Å². The lowest BCUT2D eigenvalue weighted by Gasteiger charge is -2.38. The average molecular weight is 432 g/mol. The van der Waals surface area contributed by atoms with Gasteiger partial charge in [-0.05, 0) is 54.8 Å². The van der Waals surface area contributed by atoms with Crippen LogP contribution in [0.25, 0.3) is 0 Å². The van der Waals surface area contributed by atoms with Crippen LogP contribution in [0.15, 0.2) is 47.7 Å². The number of carbonyl (C=O) groups excluding carboxylic acids is 2. The summed E-state index contributed by atoms with van der Waals surface area (Å²) in [5.41, 5.74) is 3.35. The minimum Gasteiger partial charge on any atom is -0.493 e. The van der Waals surface area contributed by atoms with Gasteiger partial charge in [0.15, 0.2) is 17.3 Å². The van der Waals surface area contributed by atoms with Crippen LogP contribution in [-0.2, 0) is 9.59 Å². The lowest BCUT2D eigenvalue weighted by molar-refractivity contribution is -0.119. The highest BCUT2D eigenvalue weighted by molar-refractivity contribution is 6.07. The molecule has 1 amide bonds. The first-order chi connectivity index (χ1) is 15.5. The molecule has 1 aliphatic heterocycles. The number of nitrogens with zero attached hydrogens (tertiary/aromatic N) is 2. The smallest absolute Gasteiger partial charge is 0.232 e. The fourth-order valence-corrected chi connectivity index (χ4v) is 4.56. The predicted molar refractivity (Wildman–Crippen MR) is 118 cm³/mol. The Labute approximate surface area is 186 Å². The molecule has 2 aliphatic rings. The molecule has 7 heteroatoms. The van der Waals surface area contributed by atoms with Gasteiger partial charge in [0.05, 0.1) is 33.0 Å². The first-order valence-corrected chi connectivity index (χ1v) is 10.4. The number of nitriles is 1. The molecule has 7 nitrogen and oxygen atoms in total. The van der Waals surface area contributed by atoms with Crippen LogP contribution >= 0.6 is 0 Å². The molecule has 0 fully saturated rings. The summed E-state index contributed by atoms with van der Waals surface area (Å²) in [6.07, 6.45) is 1.92. The lowest BCUT2D eigenvalue weighted by Crippen LogP contribution is -2.40. The van der Waals surface area contributed by atoms with Gasteiger partial charge in [-0.3, -0.25) is 14.5 Å². The number of anilines is 1. The molecule has 0 bridgehead atoms. The molecule has 2 aromatic rings. The Morgan fingerprint density at radius 1 is 0.969 bits per heavy atom. The Morgan fingerprint density at radius 2 is 1.62 bits per heavy atom. The van der Waals surface area contributed by atoms with E-state index in [1.165, 1.54) is 21.3 Å². The monoisotopic (exact) mass is 432 g/mol. The third-order valence-electron chi connectivity index (χ3n) is 6.02. The fraction of sp³-hybridized carbons (Fsp3) is 0.320. The van der Waals surface area contributed by atoms with Gasteiger partial charge in [-0.1, -0.05) is 0 Å². The Kier molecular flexibility index (Phi) is 5.87. The van der Waals surface area contributed by atoms with Gasteiger partial charge in [-0.15, -0.1) is 0 Å². The summed E-state index contributed by atoms with van der Waals surface area (Å²) < 4.78 is 16.4. The van der Waals surface area contributed by atoms with Crippen LogP contribution in [0.2, 0.25) is 0 Å². The van der Waals surface area contributed by atoms with Gasteiger partial charge in [0.2, 0.25) is 11.7 Å². The third-order valence-corrected chi connectivity index (χ3v) is 6.02. The van der Waals surface area contributed by atoms with E-state index in [9.17, 15) is 9.59 Å². The van der Waals surface area contributed by atoms with Crippen molar-refractivity contribution in [1.82, 2.24) is 0 Å². The standard InChI is InChI=1S/C25H24N2O5/c1-30-21-11-16(12-22(31-2)25(21)32-3)18-13-23(29)27(17-9-7-15(14-26)8-10-17)19-5-4-6-20(28)24(18)19/h7-12,18H,4-6,13H2,1-3H3. The van der Waals surface area contributed by atoms with Gasteiger partial charge in [0, 0.05) is 35.7 Å². The molecule has 0 saturated carbocycles. The summed E-state index contributed by atoms with van der Waals surface area (Å²) in [5, 5.41) is 9.08. The van der Waals surface area contributed by atoms with Gasteiger partial charge in [0.1, 0.15) is 0 Å². The molecule has 32 heavy (non-hydrogen) atoms. The number of ketones is 1. The van der Waals surface area contributed by atoms with Crippen LogP contribution in [0.5, 0.6) is 17.2 Å². The second kappa shape index (κ2) is 8.75. The molecule has 0 aromatic heterocycles. The first-order valence-electron chi connectivity index (χ1n) is 10.4. The van der Waals surface area contributed by atoms with Crippen LogP contribution in [0.3, 0.4) is 0 Å². The van der Waals surface area contributed by atoms with E-state index in [1.54, 1.807) is 29.2 Å². The van der Waals surface area contributed by atoms with Crippen molar-refractivity contribution in [2.45, 2.75) is 31.6 Å². The Balaban J connectivity index is 1.86. The number of methoxy groups -OCH3 is 3. The number of rotatable bonds is 5. The van der Waals surface area contributed by atoms with Gasteiger partial charge in [-0.25, -0.2) is 0 Å². The SMILES string of the molecule is COc1cc(C2CC(=O)N(c3ccc(C#N)cc3)C3=C2C(=O)CCC3)cc(OC)c1OC. The molecule has 164 valence electrons. The predicted octanol–water partition coefficient (Wildman–Crippen LogP) is 4.11. The van der Waals surface area contributed by atoms with Crippen molar-refractivity contribution in [3.63, 3.8) is 0 Å². The van der Waals surface area contributed by atoms with Crippen molar-refractivity contribution in [2.24, 2.45) is 0 Å².